The van der Waals surface area contributed by atoms with Gasteiger partial charge in [0, 0.05) is 19.3 Å². The molecule has 1 unspecified atom stereocenters. The van der Waals surface area contributed by atoms with E-state index in [9.17, 15) is 14.4 Å². The predicted molar refractivity (Wildman–Crippen MR) is 284 cm³/mol. The molecule has 1 atom stereocenters. The molecule has 0 amide bonds. The fourth-order valence-electron chi connectivity index (χ4n) is 7.76. The maximum Gasteiger partial charge on any atom is 0.306 e. The number of unbranched alkanes of at least 4 members (excludes halogenated alkanes) is 27. The smallest absolute Gasteiger partial charge is 0.306 e. The Balaban J connectivity index is 4.31. The lowest BCUT2D eigenvalue weighted by atomic mass is 10.1. The van der Waals surface area contributed by atoms with Crippen LogP contribution in [0.5, 0.6) is 0 Å². The predicted octanol–water partition coefficient (Wildman–Crippen LogP) is 18.6. The Morgan fingerprint density at radius 2 is 0.591 bits per heavy atom. The molecule has 0 saturated carbocycles. The summed E-state index contributed by atoms with van der Waals surface area (Å²) in [5, 5.41) is 0. The van der Waals surface area contributed by atoms with E-state index >= 15 is 0 Å². The molecule has 0 N–H and O–H groups in total. The quantitative estimate of drug-likeness (QED) is 0.0262. The summed E-state index contributed by atoms with van der Waals surface area (Å²) in [6.45, 7) is 6.49. The Morgan fingerprint density at radius 3 is 0.924 bits per heavy atom. The number of carbonyl (C=O) groups excluding carboxylic acids is 3. The topological polar surface area (TPSA) is 78.9 Å². The molecule has 0 aromatic heterocycles. The molecule has 6 heteroatoms. The van der Waals surface area contributed by atoms with E-state index in [4.69, 9.17) is 14.2 Å². The third-order valence-electron chi connectivity index (χ3n) is 11.9. The van der Waals surface area contributed by atoms with Crippen molar-refractivity contribution in [2.75, 3.05) is 13.2 Å². The molecule has 0 aliphatic rings. The first-order chi connectivity index (χ1) is 32.5. The Hall–Kier alpha value is -3.15. The van der Waals surface area contributed by atoms with Crippen molar-refractivity contribution in [2.24, 2.45) is 0 Å². The molecule has 0 saturated heterocycles. The van der Waals surface area contributed by atoms with Gasteiger partial charge in [-0.1, -0.05) is 235 Å². The molecule has 66 heavy (non-hydrogen) atoms. The molecule has 0 aliphatic heterocycles. The number of allylic oxidation sites excluding steroid dienone is 12. The minimum atomic E-state index is -0.785. The van der Waals surface area contributed by atoms with Crippen LogP contribution in [0.2, 0.25) is 0 Å². The van der Waals surface area contributed by atoms with Gasteiger partial charge in [0.15, 0.2) is 6.10 Å². The molecular formula is C60H104O6. The summed E-state index contributed by atoms with van der Waals surface area (Å²) in [5.74, 6) is -0.904. The molecule has 0 bridgehead atoms. The summed E-state index contributed by atoms with van der Waals surface area (Å²) in [4.78, 5) is 38.0. The molecule has 0 spiro atoms. The second kappa shape index (κ2) is 54.5. The monoisotopic (exact) mass is 921 g/mol. The summed E-state index contributed by atoms with van der Waals surface area (Å²) in [6.07, 6.45) is 68.9. The van der Waals surface area contributed by atoms with Gasteiger partial charge >= 0.3 is 17.9 Å². The molecule has 0 fully saturated rings. The van der Waals surface area contributed by atoms with Gasteiger partial charge in [0.05, 0.1) is 0 Å². The van der Waals surface area contributed by atoms with Crippen molar-refractivity contribution in [1.82, 2.24) is 0 Å². The second-order valence-corrected chi connectivity index (χ2v) is 18.5. The zero-order valence-corrected chi connectivity index (χ0v) is 43.4. The number of carbonyl (C=O) groups is 3. The first kappa shape index (κ1) is 62.8. The van der Waals surface area contributed by atoms with E-state index < -0.39 is 6.10 Å². The molecule has 0 radical (unpaired) electrons. The van der Waals surface area contributed by atoms with Gasteiger partial charge in [0.1, 0.15) is 13.2 Å². The van der Waals surface area contributed by atoms with Crippen molar-refractivity contribution >= 4 is 17.9 Å². The van der Waals surface area contributed by atoms with Gasteiger partial charge in [0.2, 0.25) is 0 Å². The summed E-state index contributed by atoms with van der Waals surface area (Å²) < 4.78 is 16.8. The highest BCUT2D eigenvalue weighted by Crippen LogP contribution is 2.15. The van der Waals surface area contributed by atoms with Crippen LogP contribution in [0, 0.1) is 0 Å². The zero-order valence-electron chi connectivity index (χ0n) is 43.4. The fourth-order valence-corrected chi connectivity index (χ4v) is 7.76. The van der Waals surface area contributed by atoms with Crippen molar-refractivity contribution < 1.29 is 28.6 Å². The molecule has 0 aromatic rings. The van der Waals surface area contributed by atoms with Gasteiger partial charge in [-0.25, -0.2) is 0 Å². The average Bonchev–Trinajstić information content (AvgIpc) is 3.31. The van der Waals surface area contributed by atoms with E-state index in [1.807, 2.05) is 0 Å². The molecule has 6 nitrogen and oxygen atoms in total. The average molecular weight is 921 g/mol. The van der Waals surface area contributed by atoms with Crippen LogP contribution in [-0.2, 0) is 28.6 Å². The second-order valence-electron chi connectivity index (χ2n) is 18.5. The van der Waals surface area contributed by atoms with Crippen LogP contribution in [0.15, 0.2) is 72.9 Å². The maximum atomic E-state index is 12.8. The van der Waals surface area contributed by atoms with Crippen LogP contribution in [0.1, 0.15) is 271 Å². The molecule has 0 aliphatic carbocycles. The maximum absolute atomic E-state index is 12.8. The van der Waals surface area contributed by atoms with Gasteiger partial charge < -0.3 is 14.2 Å². The van der Waals surface area contributed by atoms with Crippen molar-refractivity contribution in [3.63, 3.8) is 0 Å². The lowest BCUT2D eigenvalue weighted by Gasteiger charge is -2.18. The van der Waals surface area contributed by atoms with Gasteiger partial charge in [-0.2, -0.15) is 0 Å². The van der Waals surface area contributed by atoms with E-state index in [-0.39, 0.29) is 31.1 Å². The minimum absolute atomic E-state index is 0.0834. The number of esters is 3. The van der Waals surface area contributed by atoms with E-state index in [0.717, 1.165) is 116 Å². The van der Waals surface area contributed by atoms with E-state index in [2.05, 4.69) is 93.7 Å². The summed E-state index contributed by atoms with van der Waals surface area (Å²) in [6, 6.07) is 0. The lowest BCUT2D eigenvalue weighted by molar-refractivity contribution is -0.167. The molecule has 0 heterocycles. The third kappa shape index (κ3) is 51.8. The normalized spacial score (nSPS) is 12.6. The first-order valence-electron chi connectivity index (χ1n) is 27.9. The van der Waals surface area contributed by atoms with Crippen molar-refractivity contribution in [1.29, 1.82) is 0 Å². The summed E-state index contributed by atoms with van der Waals surface area (Å²) in [5.41, 5.74) is 0. The van der Waals surface area contributed by atoms with Crippen molar-refractivity contribution in [3.05, 3.63) is 72.9 Å². The van der Waals surface area contributed by atoms with Crippen molar-refractivity contribution in [3.8, 4) is 0 Å². The summed E-state index contributed by atoms with van der Waals surface area (Å²) in [7, 11) is 0. The van der Waals surface area contributed by atoms with Crippen LogP contribution >= 0.6 is 0 Å². The van der Waals surface area contributed by atoms with Gasteiger partial charge in [-0.05, 0) is 89.9 Å². The Bertz CT molecular complexity index is 1240. The molecular weight excluding hydrogens is 817 g/mol. The van der Waals surface area contributed by atoms with Crippen LogP contribution in [-0.4, -0.2) is 37.2 Å². The van der Waals surface area contributed by atoms with E-state index in [1.165, 1.54) is 116 Å². The largest absolute Gasteiger partial charge is 0.462 e. The van der Waals surface area contributed by atoms with E-state index in [1.54, 1.807) is 0 Å². The standard InChI is InChI=1S/C60H104O6/c1-4-7-10-13-16-19-22-24-26-27-28-29-30-31-32-33-35-36-38-41-44-47-50-53-59(62)65-56-57(55-64-58(61)52-49-46-43-40-21-18-15-12-9-6-3)66-60(63)54-51-48-45-42-39-37-34-25-23-20-17-14-11-8-5-2/h8,11,17,20,22,24-25,27-28,30-31,34,57H,4-7,9-10,12-16,18-19,21,23,26,29,32-33,35-56H2,1-3H3/b11-8-,20-17-,24-22-,28-27-,31-30-,34-25-. The Labute approximate surface area is 408 Å². The molecule has 0 aromatic carbocycles. The van der Waals surface area contributed by atoms with Crippen LogP contribution in [0.25, 0.3) is 0 Å². The van der Waals surface area contributed by atoms with Crippen LogP contribution < -0.4 is 0 Å². The SMILES string of the molecule is CC/C=C\C/C=C\C/C=C\CCCCCCCC(=O)OC(COC(=O)CCCCCCCCCC/C=C\C/C=C\C/C=C\CCCCCCC)COC(=O)CCCCCCCCCCCC. The molecule has 0 rings (SSSR count). The van der Waals surface area contributed by atoms with Crippen LogP contribution in [0.4, 0.5) is 0 Å². The van der Waals surface area contributed by atoms with Gasteiger partial charge in [-0.3, -0.25) is 14.4 Å². The van der Waals surface area contributed by atoms with E-state index in [0.29, 0.717) is 19.3 Å². The van der Waals surface area contributed by atoms with Crippen molar-refractivity contribution in [2.45, 2.75) is 277 Å². The lowest BCUT2D eigenvalue weighted by Crippen LogP contribution is -2.30. The third-order valence-corrected chi connectivity index (χ3v) is 11.9. The van der Waals surface area contributed by atoms with Gasteiger partial charge in [-0.15, -0.1) is 0 Å². The highest BCUT2D eigenvalue weighted by Gasteiger charge is 2.19. The fraction of sp³-hybridized carbons (Fsp3) is 0.750. The molecule has 380 valence electrons. The zero-order chi connectivity index (χ0) is 47.9. The number of rotatable bonds is 50. The minimum Gasteiger partial charge on any atom is -0.462 e. The highest BCUT2D eigenvalue weighted by atomic mass is 16.6. The number of ether oxygens (including phenoxy) is 3. The van der Waals surface area contributed by atoms with Crippen LogP contribution in [0.3, 0.4) is 0 Å². The summed E-state index contributed by atoms with van der Waals surface area (Å²) >= 11 is 0. The number of hydrogen-bond acceptors (Lipinski definition) is 6. The van der Waals surface area contributed by atoms with Gasteiger partial charge in [0.25, 0.3) is 0 Å². The first-order valence-corrected chi connectivity index (χ1v) is 27.9. The highest BCUT2D eigenvalue weighted by molar-refractivity contribution is 5.71. The Kier molecular flexibility index (Phi) is 51.9. The Morgan fingerprint density at radius 1 is 0.318 bits per heavy atom. The number of hydrogen-bond donors (Lipinski definition) is 0.